The van der Waals surface area contributed by atoms with Crippen molar-refractivity contribution in [2.45, 2.75) is 5.41 Å². The molecule has 55 heavy (non-hydrogen) atoms. The van der Waals surface area contributed by atoms with Crippen LogP contribution in [0.5, 0.6) is 0 Å². The molecule has 1 unspecified atom stereocenters. The maximum absolute atomic E-state index is 2.51. The fourth-order valence-electron chi connectivity index (χ4n) is 10.1. The molecule has 1 atom stereocenters. The van der Waals surface area contributed by atoms with E-state index in [4.69, 9.17) is 0 Å². The van der Waals surface area contributed by atoms with Crippen molar-refractivity contribution in [1.29, 1.82) is 0 Å². The Kier molecular flexibility index (Phi) is 6.36. The van der Waals surface area contributed by atoms with E-state index in [1.54, 1.807) is 0 Å². The fraction of sp³-hybridized carbons (Fsp3) is 0.0182. The SMILES string of the molecule is c1cc(-c2cccc3ccccc23)cc(-c2cc(-c3ccc4c(c3)C3(c5ccccc5-4)c4ccccc4-c4c3ccc3ccccc43)cc3ccccc23)c1. The highest BCUT2D eigenvalue weighted by atomic mass is 14.5. The van der Waals surface area contributed by atoms with E-state index >= 15 is 0 Å². The summed E-state index contributed by atoms with van der Waals surface area (Å²) in [5, 5.41) is 7.63. The first kappa shape index (κ1) is 30.4. The summed E-state index contributed by atoms with van der Waals surface area (Å²) in [6.45, 7) is 0. The van der Waals surface area contributed by atoms with Gasteiger partial charge in [0, 0.05) is 0 Å². The molecule has 0 bridgehead atoms. The zero-order valence-corrected chi connectivity index (χ0v) is 30.1. The van der Waals surface area contributed by atoms with Gasteiger partial charge in [-0.15, -0.1) is 0 Å². The van der Waals surface area contributed by atoms with Gasteiger partial charge in [0.1, 0.15) is 0 Å². The van der Waals surface area contributed by atoms with Crippen molar-refractivity contribution in [3.05, 3.63) is 229 Å². The molecule has 254 valence electrons. The lowest BCUT2D eigenvalue weighted by molar-refractivity contribution is 0.795. The molecule has 10 aromatic carbocycles. The van der Waals surface area contributed by atoms with Crippen LogP contribution in [0.1, 0.15) is 22.3 Å². The van der Waals surface area contributed by atoms with Gasteiger partial charge in [-0.2, -0.15) is 0 Å². The van der Waals surface area contributed by atoms with Gasteiger partial charge in [-0.25, -0.2) is 0 Å². The molecule has 0 heterocycles. The molecular weight excluding hydrogens is 661 g/mol. The van der Waals surface area contributed by atoms with Crippen LogP contribution in [0.4, 0.5) is 0 Å². The van der Waals surface area contributed by atoms with Crippen molar-refractivity contribution in [2.24, 2.45) is 0 Å². The minimum Gasteiger partial charge on any atom is -0.0619 e. The summed E-state index contributed by atoms with van der Waals surface area (Å²) < 4.78 is 0. The average molecular weight is 695 g/mol. The van der Waals surface area contributed by atoms with E-state index in [2.05, 4.69) is 206 Å². The molecule has 0 fully saturated rings. The molecule has 0 saturated heterocycles. The summed E-state index contributed by atoms with van der Waals surface area (Å²) in [7, 11) is 0. The van der Waals surface area contributed by atoms with E-state index in [0.29, 0.717) is 0 Å². The normalized spacial score (nSPS) is 15.0. The maximum Gasteiger partial charge on any atom is 0.0725 e. The van der Waals surface area contributed by atoms with Gasteiger partial charge in [0.15, 0.2) is 0 Å². The van der Waals surface area contributed by atoms with Gasteiger partial charge < -0.3 is 0 Å². The van der Waals surface area contributed by atoms with E-state index in [1.165, 1.54) is 110 Å². The first-order valence-electron chi connectivity index (χ1n) is 19.3. The molecule has 0 nitrogen and oxygen atoms in total. The Morgan fingerprint density at radius 1 is 0.236 bits per heavy atom. The molecule has 0 saturated carbocycles. The third-order valence-electron chi connectivity index (χ3n) is 12.4. The second kappa shape index (κ2) is 11.5. The third-order valence-corrected chi connectivity index (χ3v) is 12.4. The van der Waals surface area contributed by atoms with Crippen molar-refractivity contribution < 1.29 is 0 Å². The quantitative estimate of drug-likeness (QED) is 0.173. The second-order valence-corrected chi connectivity index (χ2v) is 15.2. The fourth-order valence-corrected chi connectivity index (χ4v) is 10.1. The van der Waals surface area contributed by atoms with Crippen LogP contribution < -0.4 is 0 Å². The zero-order chi connectivity index (χ0) is 36.1. The average Bonchev–Trinajstić information content (AvgIpc) is 3.73. The lowest BCUT2D eigenvalue weighted by Crippen LogP contribution is -2.25. The minimum absolute atomic E-state index is 0.412. The molecule has 0 aliphatic heterocycles. The summed E-state index contributed by atoms with van der Waals surface area (Å²) in [5.74, 6) is 0. The number of fused-ring (bicyclic) bond motifs is 14. The van der Waals surface area contributed by atoms with Crippen molar-refractivity contribution >= 4 is 32.3 Å². The van der Waals surface area contributed by atoms with E-state index in [-0.39, 0.29) is 0 Å². The molecule has 0 aromatic heterocycles. The monoisotopic (exact) mass is 694 g/mol. The summed E-state index contributed by atoms with van der Waals surface area (Å²) >= 11 is 0. The Bertz CT molecular complexity index is 3210. The van der Waals surface area contributed by atoms with Gasteiger partial charge in [0.05, 0.1) is 5.41 Å². The largest absolute Gasteiger partial charge is 0.0725 e. The van der Waals surface area contributed by atoms with Crippen LogP contribution in [-0.2, 0) is 5.41 Å². The molecule has 0 N–H and O–H groups in total. The number of hydrogen-bond acceptors (Lipinski definition) is 0. The molecule has 2 aliphatic carbocycles. The molecule has 1 spiro atoms. The van der Waals surface area contributed by atoms with Crippen LogP contribution in [0.2, 0.25) is 0 Å². The van der Waals surface area contributed by atoms with Crippen LogP contribution >= 0.6 is 0 Å². The maximum atomic E-state index is 2.51. The van der Waals surface area contributed by atoms with Crippen molar-refractivity contribution in [1.82, 2.24) is 0 Å². The molecule has 2 aliphatic rings. The van der Waals surface area contributed by atoms with E-state index in [0.717, 1.165) is 0 Å². The predicted molar refractivity (Wildman–Crippen MR) is 232 cm³/mol. The smallest absolute Gasteiger partial charge is 0.0619 e. The summed E-state index contributed by atoms with van der Waals surface area (Å²) in [4.78, 5) is 0. The van der Waals surface area contributed by atoms with Crippen LogP contribution in [-0.4, -0.2) is 0 Å². The van der Waals surface area contributed by atoms with E-state index < -0.39 is 5.41 Å². The number of benzene rings is 10. The Labute approximate surface area is 320 Å². The van der Waals surface area contributed by atoms with E-state index in [1.807, 2.05) is 0 Å². The number of rotatable bonds is 3. The topological polar surface area (TPSA) is 0 Å². The van der Waals surface area contributed by atoms with Gasteiger partial charge in [0.2, 0.25) is 0 Å². The van der Waals surface area contributed by atoms with Gasteiger partial charge in [-0.3, -0.25) is 0 Å². The molecule has 12 rings (SSSR count). The lowest BCUT2D eigenvalue weighted by Gasteiger charge is -2.31. The Hall–Kier alpha value is -7.02. The zero-order valence-electron chi connectivity index (χ0n) is 30.1. The predicted octanol–water partition coefficient (Wildman–Crippen LogP) is 14.5. The first-order valence-corrected chi connectivity index (χ1v) is 19.3. The van der Waals surface area contributed by atoms with Crippen molar-refractivity contribution in [3.8, 4) is 55.6 Å². The van der Waals surface area contributed by atoms with Crippen molar-refractivity contribution in [2.75, 3.05) is 0 Å². The highest BCUT2D eigenvalue weighted by Crippen LogP contribution is 2.64. The highest BCUT2D eigenvalue weighted by molar-refractivity contribution is 6.07. The van der Waals surface area contributed by atoms with E-state index in [9.17, 15) is 0 Å². The molecule has 0 heteroatoms. The van der Waals surface area contributed by atoms with Crippen molar-refractivity contribution in [3.63, 3.8) is 0 Å². The van der Waals surface area contributed by atoms with Crippen LogP contribution in [0.3, 0.4) is 0 Å². The lowest BCUT2D eigenvalue weighted by atomic mass is 9.70. The summed E-state index contributed by atoms with van der Waals surface area (Å²) in [6.07, 6.45) is 0. The van der Waals surface area contributed by atoms with Crippen LogP contribution in [0.15, 0.2) is 206 Å². The highest BCUT2D eigenvalue weighted by Gasteiger charge is 2.52. The van der Waals surface area contributed by atoms with Crippen LogP contribution in [0, 0.1) is 0 Å². The summed E-state index contributed by atoms with van der Waals surface area (Å²) in [6, 6.07) is 77.1. The molecule has 0 radical (unpaired) electrons. The molecule has 0 amide bonds. The summed E-state index contributed by atoms with van der Waals surface area (Å²) in [5.41, 5.74) is 17.8. The molecule has 10 aromatic rings. The Morgan fingerprint density at radius 2 is 0.800 bits per heavy atom. The van der Waals surface area contributed by atoms with Gasteiger partial charge >= 0.3 is 0 Å². The number of hydrogen-bond donors (Lipinski definition) is 0. The molecular formula is C55H34. The van der Waals surface area contributed by atoms with Gasteiger partial charge in [-0.05, 0) is 134 Å². The first-order chi connectivity index (χ1) is 27.3. The Balaban J connectivity index is 1.09. The standard InChI is InChI=1S/C55H34/c1-4-19-42-35(13-1)16-12-24-43(42)39-17-11-18-40(31-39)49-33-41(32-38-15-3-5-20-44(38)49)37-27-29-47-46-22-7-9-25-50(46)55(53(47)34-37)51-26-10-8-23-48(51)54-45-21-6-2-14-36(45)28-30-52(54)55/h1-34H. The second-order valence-electron chi connectivity index (χ2n) is 15.2. The Morgan fingerprint density at radius 3 is 1.62 bits per heavy atom. The minimum atomic E-state index is -0.412. The van der Waals surface area contributed by atoms with Gasteiger partial charge in [-0.1, -0.05) is 182 Å². The van der Waals surface area contributed by atoms with Gasteiger partial charge in [0.25, 0.3) is 0 Å². The van der Waals surface area contributed by atoms with Crippen LogP contribution in [0.25, 0.3) is 88.0 Å². The third kappa shape index (κ3) is 4.23.